The number of hydrogen-bond donors (Lipinski definition) is 3. The minimum atomic E-state index is -3.81. The van der Waals surface area contributed by atoms with Gasteiger partial charge in [-0.25, -0.2) is 23.0 Å². The fourth-order valence-electron chi connectivity index (χ4n) is 4.77. The lowest BCUT2D eigenvalue weighted by molar-refractivity contribution is -0.141. The number of likely N-dealkylation sites (tertiary alicyclic amines) is 1. The number of nitrogens with one attached hydrogen (secondary N) is 1. The van der Waals surface area contributed by atoms with E-state index in [1.165, 1.54) is 4.31 Å². The van der Waals surface area contributed by atoms with Crippen LogP contribution >= 0.6 is 0 Å². The van der Waals surface area contributed by atoms with Gasteiger partial charge in [0, 0.05) is 26.2 Å². The Hall–Kier alpha value is -2.68. The molecule has 1 aromatic rings. The van der Waals surface area contributed by atoms with Crippen LogP contribution in [0.2, 0.25) is 0 Å². The average molecular weight is 465 g/mol. The van der Waals surface area contributed by atoms with E-state index in [1.54, 1.807) is 11.5 Å². The fourth-order valence-corrected chi connectivity index (χ4v) is 6.84. The molecule has 3 rings (SSSR count). The topological polar surface area (TPSA) is 151 Å². The Morgan fingerprint density at radius 3 is 2.34 bits per heavy atom. The van der Waals surface area contributed by atoms with Crippen LogP contribution in [-0.4, -0.2) is 71.9 Å². The lowest BCUT2D eigenvalue weighted by Crippen LogP contribution is -2.54. The Balaban J connectivity index is 1.69. The summed E-state index contributed by atoms with van der Waals surface area (Å²) < 4.78 is 27.8. The van der Waals surface area contributed by atoms with Crippen LogP contribution in [0.5, 0.6) is 0 Å². The summed E-state index contributed by atoms with van der Waals surface area (Å²) in [5.74, 6) is -1.09. The van der Waals surface area contributed by atoms with Gasteiger partial charge in [0.25, 0.3) is 5.91 Å². The fraction of sp³-hybridized carbons (Fsp3) is 0.571. The average Bonchev–Trinajstić information content (AvgIpc) is 2.78. The molecule has 0 atom stereocenters. The third-order valence-electron chi connectivity index (χ3n) is 6.72. The maximum atomic E-state index is 13.2. The number of nitriles is 1. The summed E-state index contributed by atoms with van der Waals surface area (Å²) >= 11 is 0. The van der Waals surface area contributed by atoms with Crippen molar-refractivity contribution in [2.45, 2.75) is 38.5 Å². The molecule has 32 heavy (non-hydrogen) atoms. The third kappa shape index (κ3) is 4.87. The van der Waals surface area contributed by atoms with Crippen molar-refractivity contribution in [2.75, 3.05) is 31.9 Å². The largest absolute Gasteiger partial charge is 0.465 e. The zero-order valence-corrected chi connectivity index (χ0v) is 18.8. The lowest BCUT2D eigenvalue weighted by atomic mass is 9.79. The molecular formula is C21H28N4O6S. The van der Waals surface area contributed by atoms with Gasteiger partial charge in [-0.2, -0.15) is 5.26 Å². The SMILES string of the molecule is Cc1cc(C#N)ccc1C1CCN(S(=O)(=O)CC2(C(=O)NO)CCN(C(=O)O)CC2)CC1. The first-order valence-electron chi connectivity index (χ1n) is 10.5. The van der Waals surface area contributed by atoms with Crippen LogP contribution in [0.4, 0.5) is 4.79 Å². The minimum Gasteiger partial charge on any atom is -0.465 e. The standard InChI is InChI=1S/C21H28N4O6S/c1-15-12-16(13-22)2-3-18(15)17-4-8-25(9-5-17)32(30,31)14-21(19(26)23-29)6-10-24(11-7-21)20(27)28/h2-3,12,17,29H,4-11,14H2,1H3,(H,23,26)(H,27,28). The van der Waals surface area contributed by atoms with E-state index in [0.717, 1.165) is 16.0 Å². The monoisotopic (exact) mass is 464 g/mol. The molecule has 10 nitrogen and oxygen atoms in total. The number of carbonyl (C=O) groups is 2. The second-order valence-electron chi connectivity index (χ2n) is 8.60. The van der Waals surface area contributed by atoms with E-state index in [4.69, 9.17) is 10.4 Å². The summed E-state index contributed by atoms with van der Waals surface area (Å²) in [6, 6.07) is 7.65. The van der Waals surface area contributed by atoms with Gasteiger partial charge in [0.15, 0.2) is 0 Å². The molecule has 11 heteroatoms. The lowest BCUT2D eigenvalue weighted by Gasteiger charge is -2.40. The molecule has 2 aliphatic rings. The summed E-state index contributed by atoms with van der Waals surface area (Å²) in [6.07, 6.45) is 0.166. The van der Waals surface area contributed by atoms with Crippen molar-refractivity contribution in [3.8, 4) is 6.07 Å². The van der Waals surface area contributed by atoms with E-state index in [2.05, 4.69) is 6.07 Å². The van der Waals surface area contributed by atoms with E-state index in [0.29, 0.717) is 31.5 Å². The van der Waals surface area contributed by atoms with Crippen LogP contribution in [-0.2, 0) is 14.8 Å². The second kappa shape index (κ2) is 9.44. The van der Waals surface area contributed by atoms with E-state index in [9.17, 15) is 23.2 Å². The predicted octanol–water partition coefficient (Wildman–Crippen LogP) is 1.64. The Labute approximate surface area is 187 Å². The van der Waals surface area contributed by atoms with Crippen molar-refractivity contribution in [2.24, 2.45) is 5.41 Å². The first kappa shape index (κ1) is 24.0. The van der Waals surface area contributed by atoms with Gasteiger partial charge in [0.05, 0.1) is 22.8 Å². The van der Waals surface area contributed by atoms with Gasteiger partial charge < -0.3 is 10.0 Å². The molecule has 174 valence electrons. The van der Waals surface area contributed by atoms with E-state index < -0.39 is 33.2 Å². The zero-order chi connectivity index (χ0) is 23.5. The van der Waals surface area contributed by atoms with Crippen LogP contribution in [0.25, 0.3) is 0 Å². The minimum absolute atomic E-state index is 0.0197. The quantitative estimate of drug-likeness (QED) is 0.442. The molecule has 0 unspecified atom stereocenters. The van der Waals surface area contributed by atoms with Gasteiger partial charge in [0.2, 0.25) is 10.0 Å². The van der Waals surface area contributed by atoms with Gasteiger partial charge >= 0.3 is 6.09 Å². The maximum Gasteiger partial charge on any atom is 0.407 e. The normalized spacial score (nSPS) is 19.8. The van der Waals surface area contributed by atoms with Gasteiger partial charge in [-0.3, -0.25) is 10.0 Å². The number of rotatable bonds is 5. The third-order valence-corrected chi connectivity index (χ3v) is 8.79. The van der Waals surface area contributed by atoms with Gasteiger partial charge in [-0.05, 0) is 61.8 Å². The number of carboxylic acid groups (broad SMARTS) is 1. The molecule has 3 N–H and O–H groups in total. The van der Waals surface area contributed by atoms with Gasteiger partial charge in [0.1, 0.15) is 0 Å². The molecule has 2 fully saturated rings. The number of hydrogen-bond acceptors (Lipinski definition) is 6. The number of piperidine rings is 2. The number of carbonyl (C=O) groups excluding carboxylic acids is 1. The van der Waals surface area contributed by atoms with Crippen molar-refractivity contribution in [3.05, 3.63) is 34.9 Å². The Morgan fingerprint density at radius 1 is 1.22 bits per heavy atom. The number of nitrogens with zero attached hydrogens (tertiary/aromatic N) is 3. The van der Waals surface area contributed by atoms with Crippen LogP contribution in [0.3, 0.4) is 0 Å². The van der Waals surface area contributed by atoms with Crippen molar-refractivity contribution in [1.29, 1.82) is 5.26 Å². The van der Waals surface area contributed by atoms with Gasteiger partial charge in [-0.15, -0.1) is 0 Å². The highest BCUT2D eigenvalue weighted by Crippen LogP contribution is 2.36. The Morgan fingerprint density at radius 2 is 1.84 bits per heavy atom. The first-order chi connectivity index (χ1) is 15.1. The molecule has 1 aromatic carbocycles. The molecule has 2 heterocycles. The number of aryl methyl sites for hydroxylation is 1. The molecule has 2 aliphatic heterocycles. The number of benzene rings is 1. The van der Waals surface area contributed by atoms with Crippen molar-refractivity contribution in [3.63, 3.8) is 0 Å². The van der Waals surface area contributed by atoms with Gasteiger partial charge in [-0.1, -0.05) is 6.07 Å². The van der Waals surface area contributed by atoms with Crippen LogP contribution < -0.4 is 5.48 Å². The molecule has 0 bridgehead atoms. The molecule has 0 aliphatic carbocycles. The van der Waals surface area contributed by atoms with E-state index in [-0.39, 0.29) is 31.8 Å². The van der Waals surface area contributed by atoms with Crippen molar-refractivity contribution < 1.29 is 28.3 Å². The molecule has 2 amide bonds. The van der Waals surface area contributed by atoms with Crippen LogP contribution in [0, 0.1) is 23.7 Å². The number of sulfonamides is 1. The molecule has 0 saturated carbocycles. The van der Waals surface area contributed by atoms with Crippen LogP contribution in [0.15, 0.2) is 18.2 Å². The molecule has 0 spiro atoms. The number of hydroxylamine groups is 1. The highest BCUT2D eigenvalue weighted by atomic mass is 32.2. The predicted molar refractivity (Wildman–Crippen MR) is 114 cm³/mol. The molecule has 0 aromatic heterocycles. The van der Waals surface area contributed by atoms with Crippen molar-refractivity contribution >= 4 is 22.0 Å². The molecule has 0 radical (unpaired) electrons. The molecular weight excluding hydrogens is 436 g/mol. The zero-order valence-electron chi connectivity index (χ0n) is 18.0. The number of amides is 2. The maximum absolute atomic E-state index is 13.2. The highest BCUT2D eigenvalue weighted by molar-refractivity contribution is 7.89. The summed E-state index contributed by atoms with van der Waals surface area (Å²) in [5, 5.41) is 27.4. The Bertz CT molecular complexity index is 1020. The van der Waals surface area contributed by atoms with E-state index in [1.807, 2.05) is 19.1 Å². The summed E-state index contributed by atoms with van der Waals surface area (Å²) in [4.78, 5) is 24.7. The second-order valence-corrected chi connectivity index (χ2v) is 10.6. The smallest absolute Gasteiger partial charge is 0.407 e. The highest BCUT2D eigenvalue weighted by Gasteiger charge is 2.47. The Kier molecular flexibility index (Phi) is 7.07. The first-order valence-corrected chi connectivity index (χ1v) is 12.1. The van der Waals surface area contributed by atoms with E-state index >= 15 is 0 Å². The van der Waals surface area contributed by atoms with Crippen LogP contribution in [0.1, 0.15) is 48.3 Å². The van der Waals surface area contributed by atoms with Crippen molar-refractivity contribution in [1.82, 2.24) is 14.7 Å². The summed E-state index contributed by atoms with van der Waals surface area (Å²) in [5.41, 5.74) is 2.91. The summed E-state index contributed by atoms with van der Waals surface area (Å²) in [7, 11) is -3.81. The molecule has 2 saturated heterocycles. The summed E-state index contributed by atoms with van der Waals surface area (Å²) in [6.45, 7) is 2.62.